The predicted molar refractivity (Wildman–Crippen MR) is 86.3 cm³/mol. The van der Waals surface area contributed by atoms with Crippen LogP contribution in [0.5, 0.6) is 5.75 Å². The summed E-state index contributed by atoms with van der Waals surface area (Å²) in [4.78, 5) is 10.8. The van der Waals surface area contributed by atoms with Gasteiger partial charge in [-0.15, -0.1) is 0 Å². The van der Waals surface area contributed by atoms with Crippen LogP contribution in [0.15, 0.2) is 48.5 Å². The van der Waals surface area contributed by atoms with E-state index in [-0.39, 0.29) is 13.8 Å². The number of hydrogen-bond donors (Lipinski definition) is 0. The fraction of sp³-hybridized carbons (Fsp3) is 0.278. The van der Waals surface area contributed by atoms with Crippen LogP contribution in [0.1, 0.15) is 27.8 Å². The van der Waals surface area contributed by atoms with Gasteiger partial charge in [-0.05, 0) is 37.1 Å². The highest BCUT2D eigenvalue weighted by Gasteiger charge is 2.00. The van der Waals surface area contributed by atoms with E-state index in [9.17, 15) is 4.79 Å². The van der Waals surface area contributed by atoms with Gasteiger partial charge >= 0.3 is 0 Å². The average molecular weight is 272 g/mol. The van der Waals surface area contributed by atoms with E-state index in [1.165, 1.54) is 18.1 Å². The number of rotatable bonds is 4. The van der Waals surface area contributed by atoms with Gasteiger partial charge in [0.25, 0.3) is 0 Å². The number of hydrogen-bond acceptors (Lipinski definition) is 2. The summed E-state index contributed by atoms with van der Waals surface area (Å²) in [5, 5.41) is 0. The van der Waals surface area contributed by atoms with Crippen LogP contribution >= 0.6 is 0 Å². The second kappa shape index (κ2) is 8.16. The molecule has 0 aliphatic heterocycles. The van der Waals surface area contributed by atoms with Crippen LogP contribution in [0.2, 0.25) is 0 Å². The Labute approximate surface area is 122 Å². The van der Waals surface area contributed by atoms with Crippen molar-refractivity contribution < 1.29 is 11.0 Å². The molecule has 0 N–H and O–H groups in total. The lowest BCUT2D eigenvalue weighted by Gasteiger charge is -2.06. The molecule has 2 aromatic rings. The predicted octanol–water partition coefficient (Wildman–Crippen LogP) is 4.90. The molecular formula is C18H24O2. The molecule has 0 aromatic heterocycles. The van der Waals surface area contributed by atoms with Crippen molar-refractivity contribution in [1.29, 1.82) is 0 Å². The fourth-order valence-electron chi connectivity index (χ4n) is 1.75. The second-order valence-corrected chi connectivity index (χ2v) is 4.38. The summed E-state index contributed by atoms with van der Waals surface area (Å²) in [6.07, 6.45) is 0. The van der Waals surface area contributed by atoms with Gasteiger partial charge in [-0.2, -0.15) is 0 Å². The Morgan fingerprint density at radius 2 is 1.70 bits per heavy atom. The number of benzene rings is 2. The molecule has 0 saturated carbocycles. The molecule has 2 aromatic carbocycles. The normalized spacial score (nSPS) is 9.40. The number of ether oxygens (including phenoxy) is 1. The zero-order valence-corrected chi connectivity index (χ0v) is 12.6. The molecule has 0 atom stereocenters. The van der Waals surface area contributed by atoms with Crippen molar-refractivity contribution in [2.75, 3.05) is 6.61 Å². The highest BCUT2D eigenvalue weighted by Crippen LogP contribution is 2.23. The number of ketones is 1. The summed E-state index contributed by atoms with van der Waals surface area (Å²) >= 11 is 0. The zero-order valence-electron chi connectivity index (χ0n) is 12.6. The lowest BCUT2D eigenvalue weighted by atomic mass is 10.0. The number of aryl methyl sites for hydroxylation is 1. The van der Waals surface area contributed by atoms with Crippen LogP contribution < -0.4 is 4.74 Å². The molecule has 0 amide bonds. The molecular weight excluding hydrogens is 248 g/mol. The third-order valence-corrected chi connectivity index (χ3v) is 2.65. The van der Waals surface area contributed by atoms with E-state index < -0.39 is 0 Å². The first-order chi connectivity index (χ1) is 9.65. The average Bonchev–Trinajstić information content (AvgIpc) is 2.48. The Bertz CT molecular complexity index is 547. The van der Waals surface area contributed by atoms with Gasteiger partial charge in [-0.25, -0.2) is 0 Å². The minimum absolute atomic E-state index is 0. The fourth-order valence-corrected chi connectivity index (χ4v) is 1.75. The third kappa shape index (κ3) is 4.88. The summed E-state index contributed by atoms with van der Waals surface area (Å²) < 4.78 is 5.33. The summed E-state index contributed by atoms with van der Waals surface area (Å²) in [7, 11) is 0. The molecule has 0 aliphatic carbocycles. The van der Waals surface area contributed by atoms with Crippen molar-refractivity contribution in [3.05, 3.63) is 54.1 Å². The molecule has 2 rings (SSSR count). The van der Waals surface area contributed by atoms with Crippen molar-refractivity contribution in [2.24, 2.45) is 0 Å². The van der Waals surface area contributed by atoms with Crippen molar-refractivity contribution in [1.82, 2.24) is 0 Å². The van der Waals surface area contributed by atoms with Crippen molar-refractivity contribution in [2.45, 2.75) is 27.7 Å². The molecule has 0 radical (unpaired) electrons. The first kappa shape index (κ1) is 16.0. The Hall–Kier alpha value is -2.09. The van der Waals surface area contributed by atoms with E-state index in [1.807, 2.05) is 44.2 Å². The highest BCUT2D eigenvalue weighted by molar-refractivity contribution is 5.77. The number of carbonyl (C=O) groups is 1. The Morgan fingerprint density at radius 1 is 1.05 bits per heavy atom. The summed E-state index contributed by atoms with van der Waals surface area (Å²) in [6, 6.07) is 16.1. The molecule has 0 aliphatic rings. The standard InChI is InChI=1S/C16H16O2.C2H6.H2/c1-12-4-3-5-15(10-12)14-6-8-16(9-7-14)18-11-13(2)17;1-2;/h3-10H,11H2,1-2H3;1-2H3;1H. The van der Waals surface area contributed by atoms with Gasteiger partial charge in [0.2, 0.25) is 0 Å². The van der Waals surface area contributed by atoms with Crippen molar-refractivity contribution in [3.8, 4) is 16.9 Å². The Balaban J connectivity index is 0.00000128. The third-order valence-electron chi connectivity index (χ3n) is 2.65. The minimum atomic E-state index is 0. The van der Waals surface area contributed by atoms with E-state index in [4.69, 9.17) is 4.74 Å². The molecule has 0 heterocycles. The van der Waals surface area contributed by atoms with E-state index in [0.717, 1.165) is 11.3 Å². The first-order valence-electron chi connectivity index (χ1n) is 6.94. The van der Waals surface area contributed by atoms with Gasteiger partial charge in [0.15, 0.2) is 5.78 Å². The zero-order chi connectivity index (χ0) is 15.0. The van der Waals surface area contributed by atoms with Gasteiger partial charge in [0.05, 0.1) is 0 Å². The van der Waals surface area contributed by atoms with Crippen LogP contribution in [0.3, 0.4) is 0 Å². The molecule has 108 valence electrons. The van der Waals surface area contributed by atoms with E-state index in [2.05, 4.69) is 25.1 Å². The van der Waals surface area contributed by atoms with E-state index >= 15 is 0 Å². The molecule has 0 unspecified atom stereocenters. The summed E-state index contributed by atoms with van der Waals surface area (Å²) in [5.74, 6) is 0.749. The molecule has 2 heteroatoms. The lowest BCUT2D eigenvalue weighted by Crippen LogP contribution is -2.06. The van der Waals surface area contributed by atoms with Crippen LogP contribution in [-0.2, 0) is 4.79 Å². The minimum Gasteiger partial charge on any atom is -0.486 e. The Morgan fingerprint density at radius 3 is 2.25 bits per heavy atom. The van der Waals surface area contributed by atoms with E-state index in [1.54, 1.807) is 0 Å². The smallest absolute Gasteiger partial charge is 0.167 e. The topological polar surface area (TPSA) is 26.3 Å². The van der Waals surface area contributed by atoms with Gasteiger partial charge in [-0.1, -0.05) is 55.8 Å². The van der Waals surface area contributed by atoms with Crippen LogP contribution in [0.4, 0.5) is 0 Å². The maximum absolute atomic E-state index is 10.8. The molecule has 2 nitrogen and oxygen atoms in total. The molecule has 0 saturated heterocycles. The molecule has 0 fully saturated rings. The molecule has 0 bridgehead atoms. The summed E-state index contributed by atoms with van der Waals surface area (Å²) in [5.41, 5.74) is 3.58. The van der Waals surface area contributed by atoms with Crippen molar-refractivity contribution in [3.63, 3.8) is 0 Å². The van der Waals surface area contributed by atoms with Gasteiger partial charge in [0.1, 0.15) is 12.4 Å². The van der Waals surface area contributed by atoms with Crippen LogP contribution in [0, 0.1) is 6.92 Å². The monoisotopic (exact) mass is 272 g/mol. The van der Waals surface area contributed by atoms with E-state index in [0.29, 0.717) is 0 Å². The van der Waals surface area contributed by atoms with Gasteiger partial charge in [0, 0.05) is 1.43 Å². The number of Topliss-reactive ketones (excluding diaryl/α,β-unsaturated/α-hetero) is 1. The van der Waals surface area contributed by atoms with Gasteiger partial charge < -0.3 is 4.74 Å². The largest absolute Gasteiger partial charge is 0.486 e. The second-order valence-electron chi connectivity index (χ2n) is 4.38. The highest BCUT2D eigenvalue weighted by atomic mass is 16.5. The lowest BCUT2D eigenvalue weighted by molar-refractivity contribution is -0.118. The molecule has 0 spiro atoms. The summed E-state index contributed by atoms with van der Waals surface area (Å²) in [6.45, 7) is 7.72. The maximum atomic E-state index is 10.8. The van der Waals surface area contributed by atoms with Crippen LogP contribution in [-0.4, -0.2) is 12.4 Å². The quantitative estimate of drug-likeness (QED) is 0.791. The van der Waals surface area contributed by atoms with Crippen molar-refractivity contribution >= 4 is 5.78 Å². The Kier molecular flexibility index (Phi) is 6.51. The van der Waals surface area contributed by atoms with Gasteiger partial charge in [-0.3, -0.25) is 4.79 Å². The number of carbonyl (C=O) groups excluding carboxylic acids is 1. The SMILES string of the molecule is CC.CC(=O)COc1ccc(-c2cccc(C)c2)cc1.[HH]. The first-order valence-corrected chi connectivity index (χ1v) is 6.94. The molecule has 20 heavy (non-hydrogen) atoms. The van der Waals surface area contributed by atoms with Crippen LogP contribution in [0.25, 0.3) is 11.1 Å². The maximum Gasteiger partial charge on any atom is 0.167 e.